The molecule has 3 aromatic rings. The van der Waals surface area contributed by atoms with Crippen LogP contribution in [-0.2, 0) is 19.8 Å². The highest BCUT2D eigenvalue weighted by Gasteiger charge is 2.68. The molecule has 1 fully saturated rings. The number of imide groups is 1. The van der Waals surface area contributed by atoms with Gasteiger partial charge in [-0.25, -0.2) is 4.90 Å². The highest BCUT2D eigenvalue weighted by molar-refractivity contribution is 6.31. The van der Waals surface area contributed by atoms with E-state index in [0.717, 1.165) is 28.5 Å². The molecule has 0 unspecified atom stereocenters. The molecular formula is C25H16ClNO3. The zero-order valence-corrected chi connectivity index (χ0v) is 16.5. The summed E-state index contributed by atoms with van der Waals surface area (Å²) in [7, 11) is 0. The minimum Gasteiger partial charge on any atom is -0.302 e. The van der Waals surface area contributed by atoms with Crippen molar-refractivity contribution in [2.45, 2.75) is 11.3 Å². The predicted molar refractivity (Wildman–Crippen MR) is 112 cm³/mol. The molecular weight excluding hydrogens is 398 g/mol. The molecule has 30 heavy (non-hydrogen) atoms. The van der Waals surface area contributed by atoms with Crippen molar-refractivity contribution >= 4 is 35.4 Å². The first-order valence-electron chi connectivity index (χ1n) is 9.88. The molecule has 3 aliphatic carbocycles. The predicted octanol–water partition coefficient (Wildman–Crippen LogP) is 4.09. The number of carbonyl (C=O) groups excluding carboxylic acids is 3. The molecule has 0 N–H and O–H groups in total. The summed E-state index contributed by atoms with van der Waals surface area (Å²) in [6.07, 6.45) is 0.883. The number of benzene rings is 3. The van der Waals surface area contributed by atoms with E-state index in [9.17, 15) is 14.4 Å². The van der Waals surface area contributed by atoms with Crippen LogP contribution < -0.4 is 4.90 Å². The van der Waals surface area contributed by atoms with Crippen LogP contribution in [0, 0.1) is 11.8 Å². The minimum atomic E-state index is -1.17. The second-order valence-corrected chi connectivity index (χ2v) is 8.57. The molecule has 1 saturated heterocycles. The van der Waals surface area contributed by atoms with Gasteiger partial charge in [0.15, 0.2) is 0 Å². The van der Waals surface area contributed by atoms with Crippen LogP contribution in [0.5, 0.6) is 0 Å². The third kappa shape index (κ3) is 1.90. The van der Waals surface area contributed by atoms with Crippen molar-refractivity contribution < 1.29 is 14.4 Å². The Kier molecular flexibility index (Phi) is 3.46. The van der Waals surface area contributed by atoms with E-state index in [0.29, 0.717) is 10.7 Å². The first kappa shape index (κ1) is 17.6. The van der Waals surface area contributed by atoms with Gasteiger partial charge in [-0.15, -0.1) is 0 Å². The summed E-state index contributed by atoms with van der Waals surface area (Å²) in [6, 6.07) is 22.1. The SMILES string of the molecule is O=CC12c3ccccc3C(c3ccccc31)[C@H]1C(=O)N(c3ccc(Cl)cc3)C(=O)[C@H]12. The first-order chi connectivity index (χ1) is 14.6. The molecule has 1 aliphatic heterocycles. The van der Waals surface area contributed by atoms with E-state index in [1.807, 2.05) is 48.5 Å². The summed E-state index contributed by atoms with van der Waals surface area (Å²) < 4.78 is 0. The third-order valence-corrected chi connectivity index (χ3v) is 7.21. The van der Waals surface area contributed by atoms with E-state index in [1.54, 1.807) is 24.3 Å². The number of carbonyl (C=O) groups is 3. The monoisotopic (exact) mass is 413 g/mol. The van der Waals surface area contributed by atoms with E-state index in [1.165, 1.54) is 4.90 Å². The Morgan fingerprint density at radius 2 is 1.37 bits per heavy atom. The molecule has 4 aliphatic rings. The first-order valence-corrected chi connectivity index (χ1v) is 10.3. The summed E-state index contributed by atoms with van der Waals surface area (Å²) in [5.41, 5.74) is 2.92. The molecule has 0 spiro atoms. The van der Waals surface area contributed by atoms with Crippen molar-refractivity contribution in [3.63, 3.8) is 0 Å². The molecule has 1 heterocycles. The second-order valence-electron chi connectivity index (χ2n) is 8.13. The van der Waals surface area contributed by atoms with Gasteiger partial charge in [0.1, 0.15) is 6.29 Å². The van der Waals surface area contributed by atoms with E-state index in [4.69, 9.17) is 11.6 Å². The third-order valence-electron chi connectivity index (χ3n) is 6.95. The van der Waals surface area contributed by atoms with Gasteiger partial charge in [0, 0.05) is 10.9 Å². The maximum Gasteiger partial charge on any atom is 0.239 e. The van der Waals surface area contributed by atoms with Crippen LogP contribution in [0.15, 0.2) is 72.8 Å². The fourth-order valence-corrected chi connectivity index (χ4v) is 6.00. The van der Waals surface area contributed by atoms with Gasteiger partial charge in [0.25, 0.3) is 0 Å². The number of nitrogens with zero attached hydrogens (tertiary/aromatic N) is 1. The Balaban J connectivity index is 1.64. The molecule has 2 amide bonds. The molecule has 0 aromatic heterocycles. The lowest BCUT2D eigenvalue weighted by atomic mass is 9.48. The average molecular weight is 414 g/mol. The summed E-state index contributed by atoms with van der Waals surface area (Å²) in [5, 5.41) is 0.527. The van der Waals surface area contributed by atoms with Crippen LogP contribution in [0.4, 0.5) is 5.69 Å². The van der Waals surface area contributed by atoms with Gasteiger partial charge >= 0.3 is 0 Å². The van der Waals surface area contributed by atoms with Crippen molar-refractivity contribution in [1.82, 2.24) is 0 Å². The van der Waals surface area contributed by atoms with Crippen LogP contribution in [-0.4, -0.2) is 18.1 Å². The number of aldehydes is 1. The standard InChI is InChI=1S/C25H16ClNO3/c26-14-9-11-15(12-10-14)27-23(29)21-20-16-5-1-3-7-18(16)25(13-28,22(21)24(27)30)19-8-4-2-6-17(19)20/h1-13,20-22H/t20?,21-,22+,25?/m1/s1. The lowest BCUT2D eigenvalue weighted by Gasteiger charge is -2.51. The molecule has 3 aromatic carbocycles. The normalized spacial score (nSPS) is 28.2. The molecule has 0 saturated carbocycles. The zero-order valence-electron chi connectivity index (χ0n) is 15.8. The van der Waals surface area contributed by atoms with E-state index < -0.39 is 17.3 Å². The highest BCUT2D eigenvalue weighted by atomic mass is 35.5. The van der Waals surface area contributed by atoms with Crippen molar-refractivity contribution in [2.75, 3.05) is 4.90 Å². The van der Waals surface area contributed by atoms with Crippen LogP contribution in [0.25, 0.3) is 0 Å². The van der Waals surface area contributed by atoms with E-state index in [-0.39, 0.29) is 17.7 Å². The van der Waals surface area contributed by atoms with Gasteiger partial charge in [-0.3, -0.25) is 9.59 Å². The van der Waals surface area contributed by atoms with Crippen LogP contribution in [0.1, 0.15) is 28.2 Å². The highest BCUT2D eigenvalue weighted by Crippen LogP contribution is 2.63. The lowest BCUT2D eigenvalue weighted by molar-refractivity contribution is -0.128. The molecule has 5 heteroatoms. The van der Waals surface area contributed by atoms with E-state index in [2.05, 4.69) is 0 Å². The van der Waals surface area contributed by atoms with Crippen molar-refractivity contribution in [3.8, 4) is 0 Å². The Bertz CT molecular complexity index is 1200. The molecule has 0 radical (unpaired) electrons. The number of hydrogen-bond donors (Lipinski definition) is 0. The Morgan fingerprint density at radius 1 is 0.800 bits per heavy atom. The van der Waals surface area contributed by atoms with Crippen molar-refractivity contribution in [3.05, 3.63) is 100 Å². The topological polar surface area (TPSA) is 54.5 Å². The van der Waals surface area contributed by atoms with Crippen molar-refractivity contribution in [2.24, 2.45) is 11.8 Å². The maximum absolute atomic E-state index is 13.7. The Hall–Kier alpha value is -3.24. The summed E-state index contributed by atoms with van der Waals surface area (Å²) >= 11 is 6.00. The van der Waals surface area contributed by atoms with Gasteiger partial charge in [-0.05, 0) is 46.5 Å². The van der Waals surface area contributed by atoms with Gasteiger partial charge in [0.05, 0.1) is 22.9 Å². The molecule has 7 rings (SSSR count). The summed E-state index contributed by atoms with van der Waals surface area (Å²) in [5.74, 6) is -2.20. The lowest BCUT2D eigenvalue weighted by Crippen LogP contribution is -2.54. The van der Waals surface area contributed by atoms with Gasteiger partial charge in [-0.2, -0.15) is 0 Å². The maximum atomic E-state index is 13.7. The number of anilines is 1. The zero-order chi connectivity index (χ0) is 20.6. The van der Waals surface area contributed by atoms with Gasteiger partial charge in [0.2, 0.25) is 11.8 Å². The molecule has 146 valence electrons. The van der Waals surface area contributed by atoms with Gasteiger partial charge in [-0.1, -0.05) is 60.1 Å². The number of amides is 2. The smallest absolute Gasteiger partial charge is 0.239 e. The minimum absolute atomic E-state index is 0.252. The largest absolute Gasteiger partial charge is 0.302 e. The quantitative estimate of drug-likeness (QED) is 0.469. The Labute approximate surface area is 178 Å². The van der Waals surface area contributed by atoms with Crippen LogP contribution in [0.3, 0.4) is 0 Å². The van der Waals surface area contributed by atoms with Gasteiger partial charge < -0.3 is 4.79 Å². The molecule has 2 bridgehead atoms. The van der Waals surface area contributed by atoms with Crippen molar-refractivity contribution in [1.29, 1.82) is 0 Å². The fourth-order valence-electron chi connectivity index (χ4n) is 5.88. The fraction of sp³-hybridized carbons (Fsp3) is 0.160. The van der Waals surface area contributed by atoms with Crippen LogP contribution in [0.2, 0.25) is 5.02 Å². The summed E-state index contributed by atoms with van der Waals surface area (Å²) in [4.78, 5) is 41.5. The summed E-state index contributed by atoms with van der Waals surface area (Å²) in [6.45, 7) is 0. The molecule has 4 nitrogen and oxygen atoms in total. The van der Waals surface area contributed by atoms with E-state index >= 15 is 0 Å². The number of hydrogen-bond acceptors (Lipinski definition) is 3. The average Bonchev–Trinajstić information content (AvgIpc) is 3.05. The Morgan fingerprint density at radius 3 is 1.93 bits per heavy atom. The van der Waals surface area contributed by atoms with Crippen LogP contribution >= 0.6 is 11.6 Å². The molecule has 2 atom stereocenters. The second kappa shape index (κ2) is 5.89. The number of rotatable bonds is 2. The number of halogens is 1.